The molecule has 1 amide bonds. The number of anilines is 2. The van der Waals surface area contributed by atoms with E-state index in [9.17, 15) is 26.7 Å². The van der Waals surface area contributed by atoms with E-state index in [0.717, 1.165) is 12.1 Å². The highest BCUT2D eigenvalue weighted by atomic mass is 19.4. The van der Waals surface area contributed by atoms with Crippen LogP contribution in [0, 0.1) is 0 Å². The van der Waals surface area contributed by atoms with E-state index in [1.54, 1.807) is 0 Å². The third-order valence-corrected chi connectivity index (χ3v) is 2.99. The van der Waals surface area contributed by atoms with Gasteiger partial charge in [-0.2, -0.15) is 22.0 Å². The smallest absolute Gasteiger partial charge is 0.416 e. The number of carbonyl (C=O) groups is 1. The van der Waals surface area contributed by atoms with Gasteiger partial charge in [-0.05, 0) is 30.3 Å². The van der Waals surface area contributed by atoms with Gasteiger partial charge in [0.05, 0.1) is 12.1 Å². The van der Waals surface area contributed by atoms with Gasteiger partial charge in [0.2, 0.25) is 5.91 Å². The molecule has 4 nitrogen and oxygen atoms in total. The van der Waals surface area contributed by atoms with Crippen molar-refractivity contribution in [2.75, 3.05) is 17.2 Å². The van der Waals surface area contributed by atoms with Gasteiger partial charge in [-0.25, -0.2) is 0 Å². The molecule has 0 unspecified atom stereocenters. The van der Waals surface area contributed by atoms with Gasteiger partial charge in [0.15, 0.2) is 0 Å². The first-order valence-corrected chi connectivity index (χ1v) is 7.00. The summed E-state index contributed by atoms with van der Waals surface area (Å²) in [6.07, 6.45) is -4.48. The molecule has 0 atom stereocenters. The Hall–Kier alpha value is -2.84. The number of benzene rings is 2. The zero-order valence-electron chi connectivity index (χ0n) is 12.6. The highest BCUT2D eigenvalue weighted by Gasteiger charge is 2.30. The lowest BCUT2D eigenvalue weighted by Crippen LogP contribution is -2.22. The number of hydrogen-bond donors (Lipinski definition) is 2. The lowest BCUT2D eigenvalue weighted by molar-refractivity contribution is -0.137. The number of rotatable bonds is 6. The van der Waals surface area contributed by atoms with E-state index in [-0.39, 0.29) is 23.7 Å². The fourth-order valence-electron chi connectivity index (χ4n) is 1.94. The lowest BCUT2D eigenvalue weighted by atomic mass is 10.2. The highest BCUT2D eigenvalue weighted by molar-refractivity contribution is 5.93. The molecule has 134 valence electrons. The molecule has 9 heteroatoms. The van der Waals surface area contributed by atoms with Crippen LogP contribution in [0.4, 0.5) is 33.3 Å². The quantitative estimate of drug-likeness (QED) is 0.753. The van der Waals surface area contributed by atoms with Gasteiger partial charge in [0.25, 0.3) is 0 Å². The second kappa shape index (κ2) is 7.82. The van der Waals surface area contributed by atoms with Gasteiger partial charge in [-0.3, -0.25) is 4.79 Å². The summed E-state index contributed by atoms with van der Waals surface area (Å²) in [7, 11) is 0. The third-order valence-electron chi connectivity index (χ3n) is 2.99. The number of ether oxygens (including phenoxy) is 1. The van der Waals surface area contributed by atoms with Crippen LogP contribution in [0.1, 0.15) is 5.56 Å². The van der Waals surface area contributed by atoms with Crippen LogP contribution in [-0.2, 0) is 11.0 Å². The van der Waals surface area contributed by atoms with Crippen molar-refractivity contribution >= 4 is 17.3 Å². The third kappa shape index (κ3) is 5.94. The van der Waals surface area contributed by atoms with Gasteiger partial charge in [-0.1, -0.05) is 12.1 Å². The van der Waals surface area contributed by atoms with Gasteiger partial charge in [0.1, 0.15) is 5.75 Å². The molecule has 0 aliphatic rings. The summed E-state index contributed by atoms with van der Waals surface area (Å²) >= 11 is 0. The minimum absolute atomic E-state index is 0.125. The fourth-order valence-corrected chi connectivity index (χ4v) is 1.94. The zero-order chi connectivity index (χ0) is 18.4. The molecule has 2 aromatic rings. The van der Waals surface area contributed by atoms with Crippen molar-refractivity contribution < 1.29 is 31.5 Å². The Balaban J connectivity index is 1.93. The molecule has 0 fully saturated rings. The molecule has 0 radical (unpaired) electrons. The Morgan fingerprint density at radius 3 is 2.40 bits per heavy atom. The molecule has 0 aromatic heterocycles. The predicted molar refractivity (Wildman–Crippen MR) is 81.6 cm³/mol. The summed E-state index contributed by atoms with van der Waals surface area (Å²) in [5.41, 5.74) is -0.497. The molecule has 0 saturated carbocycles. The highest BCUT2D eigenvalue weighted by Crippen LogP contribution is 2.30. The van der Waals surface area contributed by atoms with Crippen molar-refractivity contribution in [3.8, 4) is 5.75 Å². The summed E-state index contributed by atoms with van der Waals surface area (Å²) < 4.78 is 66.3. The monoisotopic (exact) mass is 360 g/mol. The van der Waals surface area contributed by atoms with E-state index >= 15 is 0 Å². The van der Waals surface area contributed by atoms with Gasteiger partial charge < -0.3 is 15.4 Å². The van der Waals surface area contributed by atoms with Crippen molar-refractivity contribution in [3.05, 3.63) is 54.1 Å². The first kappa shape index (κ1) is 18.5. The van der Waals surface area contributed by atoms with E-state index in [4.69, 9.17) is 0 Å². The van der Waals surface area contributed by atoms with Gasteiger partial charge >= 0.3 is 12.8 Å². The number of nitrogens with one attached hydrogen (secondary N) is 2. The number of amides is 1. The van der Waals surface area contributed by atoms with Crippen LogP contribution in [0.5, 0.6) is 5.75 Å². The van der Waals surface area contributed by atoms with Gasteiger partial charge in [0, 0.05) is 17.4 Å². The molecule has 0 heterocycles. The van der Waals surface area contributed by atoms with Crippen molar-refractivity contribution in [1.82, 2.24) is 0 Å². The zero-order valence-corrected chi connectivity index (χ0v) is 12.6. The maximum absolute atomic E-state index is 12.6. The molecular weight excluding hydrogens is 347 g/mol. The van der Waals surface area contributed by atoms with Crippen LogP contribution in [-0.4, -0.2) is 19.1 Å². The average Bonchev–Trinajstić information content (AvgIpc) is 2.52. The largest absolute Gasteiger partial charge is 0.435 e. The number of carbonyl (C=O) groups excluding carboxylic acids is 1. The van der Waals surface area contributed by atoms with E-state index in [1.807, 2.05) is 0 Å². The van der Waals surface area contributed by atoms with Crippen LogP contribution in [0.2, 0.25) is 0 Å². The summed E-state index contributed by atoms with van der Waals surface area (Å²) in [5.74, 6) is -0.690. The normalized spacial score (nSPS) is 11.3. The van der Waals surface area contributed by atoms with Crippen LogP contribution >= 0.6 is 0 Å². The summed E-state index contributed by atoms with van der Waals surface area (Å²) in [4.78, 5) is 11.8. The molecule has 0 saturated heterocycles. The standard InChI is InChI=1S/C16H13F5N2O2/c17-15(18)25-13-6-2-5-12(8-13)23-14(24)9-22-11-4-1-3-10(7-11)16(19,20)21/h1-8,15,22H,9H2,(H,23,24). The summed E-state index contributed by atoms with van der Waals surface area (Å²) in [5, 5.41) is 4.98. The number of halogens is 5. The minimum Gasteiger partial charge on any atom is -0.435 e. The summed E-state index contributed by atoms with van der Waals surface area (Å²) in [6, 6.07) is 9.77. The molecule has 2 N–H and O–H groups in total. The molecule has 25 heavy (non-hydrogen) atoms. The van der Waals surface area contributed by atoms with E-state index in [2.05, 4.69) is 15.4 Å². The Morgan fingerprint density at radius 2 is 1.72 bits per heavy atom. The summed E-state index contributed by atoms with van der Waals surface area (Å²) in [6.45, 7) is -3.30. The van der Waals surface area contributed by atoms with Crippen LogP contribution in [0.25, 0.3) is 0 Å². The van der Waals surface area contributed by atoms with Crippen molar-refractivity contribution in [2.45, 2.75) is 12.8 Å². The Morgan fingerprint density at radius 1 is 1.04 bits per heavy atom. The molecule has 0 aliphatic heterocycles. The molecule has 2 aromatic carbocycles. The molecule has 0 bridgehead atoms. The average molecular weight is 360 g/mol. The van der Waals surface area contributed by atoms with Crippen molar-refractivity contribution in [2.24, 2.45) is 0 Å². The molecule has 0 aliphatic carbocycles. The maximum atomic E-state index is 12.6. The Bertz CT molecular complexity index is 734. The van der Waals surface area contributed by atoms with Crippen LogP contribution in [0.3, 0.4) is 0 Å². The van der Waals surface area contributed by atoms with E-state index in [0.29, 0.717) is 0 Å². The topological polar surface area (TPSA) is 50.4 Å². The molecular formula is C16H13F5N2O2. The SMILES string of the molecule is O=C(CNc1cccc(C(F)(F)F)c1)Nc1cccc(OC(F)F)c1. The van der Waals surface area contributed by atoms with Gasteiger partial charge in [-0.15, -0.1) is 0 Å². The Labute approximate surface area is 139 Å². The second-order valence-electron chi connectivity index (χ2n) is 4.89. The van der Waals surface area contributed by atoms with Crippen LogP contribution in [0.15, 0.2) is 48.5 Å². The Kier molecular flexibility index (Phi) is 5.79. The van der Waals surface area contributed by atoms with Crippen molar-refractivity contribution in [3.63, 3.8) is 0 Å². The fraction of sp³-hybridized carbons (Fsp3) is 0.188. The van der Waals surface area contributed by atoms with E-state index < -0.39 is 24.3 Å². The number of alkyl halides is 5. The van der Waals surface area contributed by atoms with Crippen molar-refractivity contribution in [1.29, 1.82) is 0 Å². The lowest BCUT2D eigenvalue weighted by Gasteiger charge is -2.11. The molecule has 0 spiro atoms. The van der Waals surface area contributed by atoms with Crippen LogP contribution < -0.4 is 15.4 Å². The molecule has 2 rings (SSSR count). The predicted octanol–water partition coefficient (Wildman–Crippen LogP) is 4.36. The second-order valence-corrected chi connectivity index (χ2v) is 4.89. The minimum atomic E-state index is -4.48. The van der Waals surface area contributed by atoms with E-state index in [1.165, 1.54) is 36.4 Å². The number of hydrogen-bond acceptors (Lipinski definition) is 3. The first-order valence-electron chi connectivity index (χ1n) is 7.00. The first-order chi connectivity index (χ1) is 11.7. The maximum Gasteiger partial charge on any atom is 0.416 e.